The summed E-state index contributed by atoms with van der Waals surface area (Å²) in [7, 11) is 0. The van der Waals surface area contributed by atoms with Crippen molar-refractivity contribution in [1.82, 2.24) is 14.8 Å². The Morgan fingerprint density at radius 2 is 2.00 bits per heavy atom. The average molecular weight is 351 g/mol. The predicted molar refractivity (Wildman–Crippen MR) is 96.6 cm³/mol. The molecule has 0 unspecified atom stereocenters. The molecule has 7 heteroatoms. The molecule has 2 atom stereocenters. The summed E-state index contributed by atoms with van der Waals surface area (Å²) in [6.45, 7) is 0. The van der Waals surface area contributed by atoms with Gasteiger partial charge in [0.2, 0.25) is 0 Å². The number of pyridine rings is 1. The minimum absolute atomic E-state index is 0.0539. The van der Waals surface area contributed by atoms with Crippen molar-refractivity contribution >= 4 is 22.4 Å². The Bertz CT molecular complexity index is 1030. The minimum Gasteiger partial charge on any atom is -0.338 e. The zero-order chi connectivity index (χ0) is 18.1. The van der Waals surface area contributed by atoms with E-state index in [0.717, 1.165) is 25.7 Å². The van der Waals surface area contributed by atoms with Crippen LogP contribution in [-0.4, -0.2) is 14.8 Å². The number of fused-ring (bicyclic) bond motifs is 1. The van der Waals surface area contributed by atoms with Gasteiger partial charge in [-0.2, -0.15) is 10.4 Å². The van der Waals surface area contributed by atoms with Gasteiger partial charge in [0.15, 0.2) is 5.82 Å². The summed E-state index contributed by atoms with van der Waals surface area (Å²) in [6, 6.07) is 10.0. The molecule has 1 fully saturated rings. The van der Waals surface area contributed by atoms with E-state index in [4.69, 9.17) is 0 Å². The largest absolute Gasteiger partial charge is 0.338 e. The smallest absolute Gasteiger partial charge is 0.261 e. The second kappa shape index (κ2) is 6.64. The minimum atomic E-state index is -0.331. The molecule has 3 aromatic rings. The Labute approximate surface area is 149 Å². The van der Waals surface area contributed by atoms with E-state index in [1.807, 2.05) is 10.7 Å². The van der Waals surface area contributed by atoms with Gasteiger partial charge in [0.25, 0.3) is 5.56 Å². The summed E-state index contributed by atoms with van der Waals surface area (Å²) in [5.41, 5.74) is 1.09. The van der Waals surface area contributed by atoms with Gasteiger partial charge in [-0.3, -0.25) is 9.48 Å². The van der Waals surface area contributed by atoms with Gasteiger partial charge >= 0.3 is 0 Å². The van der Waals surface area contributed by atoms with Crippen LogP contribution in [0.3, 0.4) is 0 Å². The van der Waals surface area contributed by atoms with E-state index in [9.17, 15) is 14.4 Å². The quantitative estimate of drug-likeness (QED) is 0.750. The van der Waals surface area contributed by atoms with Crippen molar-refractivity contribution in [3.8, 4) is 6.07 Å². The first kappa shape index (κ1) is 16.3. The van der Waals surface area contributed by atoms with E-state index in [0.29, 0.717) is 22.4 Å². The molecule has 0 radical (unpaired) electrons. The summed E-state index contributed by atoms with van der Waals surface area (Å²) in [5.74, 6) is -0.0385. The van der Waals surface area contributed by atoms with Crippen molar-refractivity contribution in [3.63, 3.8) is 0 Å². The normalized spacial score (nSPS) is 20.0. The molecule has 4 rings (SSSR count). The van der Waals surface area contributed by atoms with Gasteiger partial charge < -0.3 is 10.3 Å². The first-order valence-corrected chi connectivity index (χ1v) is 8.69. The van der Waals surface area contributed by atoms with Crippen molar-refractivity contribution < 1.29 is 4.39 Å². The lowest BCUT2D eigenvalue weighted by Gasteiger charge is -2.27. The first-order valence-electron chi connectivity index (χ1n) is 8.69. The molecule has 0 amide bonds. The molecule has 0 bridgehead atoms. The lowest BCUT2D eigenvalue weighted by atomic mass is 9.85. The molecule has 1 aliphatic rings. The monoisotopic (exact) mass is 351 g/mol. The molecule has 0 aliphatic heterocycles. The Kier molecular flexibility index (Phi) is 4.17. The van der Waals surface area contributed by atoms with Gasteiger partial charge in [-0.1, -0.05) is 12.8 Å². The average Bonchev–Trinajstić information content (AvgIpc) is 3.03. The third-order valence-corrected chi connectivity index (χ3v) is 4.95. The summed E-state index contributed by atoms with van der Waals surface area (Å²) in [5, 5.41) is 17.7. The van der Waals surface area contributed by atoms with Crippen LogP contribution in [0.25, 0.3) is 10.9 Å². The summed E-state index contributed by atoms with van der Waals surface area (Å²) < 4.78 is 14.9. The number of rotatable bonds is 3. The lowest BCUT2D eigenvalue weighted by Crippen LogP contribution is -2.23. The highest BCUT2D eigenvalue weighted by molar-refractivity contribution is 5.91. The van der Waals surface area contributed by atoms with Crippen LogP contribution in [-0.2, 0) is 0 Å². The maximum atomic E-state index is 13.1. The Morgan fingerprint density at radius 1 is 1.23 bits per heavy atom. The number of hydrogen-bond acceptors (Lipinski definition) is 4. The first-order chi connectivity index (χ1) is 12.7. The standard InChI is InChI=1S/C19H18FN5O/c20-13-5-7-14(8-6-13)23-18-17-16(9-10-22-19(17)26)25(24-18)15-4-2-1-3-12(15)11-21/h5-10,12,15H,1-4H2,(H,22,26)(H,23,24)/t12-,15+/m1/s1. The highest BCUT2D eigenvalue weighted by atomic mass is 19.1. The van der Waals surface area contributed by atoms with E-state index >= 15 is 0 Å². The molecule has 26 heavy (non-hydrogen) atoms. The summed E-state index contributed by atoms with van der Waals surface area (Å²) in [6.07, 6.45) is 5.36. The number of halogens is 1. The van der Waals surface area contributed by atoms with Crippen molar-refractivity contribution in [2.24, 2.45) is 5.92 Å². The van der Waals surface area contributed by atoms with Gasteiger partial charge in [0, 0.05) is 11.9 Å². The van der Waals surface area contributed by atoms with E-state index in [1.54, 1.807) is 18.3 Å². The summed E-state index contributed by atoms with van der Waals surface area (Å²) in [4.78, 5) is 15.1. The second-order valence-electron chi connectivity index (χ2n) is 6.58. The van der Waals surface area contributed by atoms with Gasteiger partial charge in [0.05, 0.1) is 23.5 Å². The molecule has 2 aromatic heterocycles. The highest BCUT2D eigenvalue weighted by Crippen LogP contribution is 2.36. The molecule has 0 saturated heterocycles. The molecule has 6 nitrogen and oxygen atoms in total. The molecule has 132 valence electrons. The summed E-state index contributed by atoms with van der Waals surface area (Å²) >= 11 is 0. The van der Waals surface area contributed by atoms with Crippen LogP contribution in [0.2, 0.25) is 0 Å². The van der Waals surface area contributed by atoms with Crippen LogP contribution >= 0.6 is 0 Å². The topological polar surface area (TPSA) is 86.5 Å². The van der Waals surface area contributed by atoms with Gasteiger partial charge in [-0.05, 0) is 43.2 Å². The van der Waals surface area contributed by atoms with Crippen LogP contribution in [0.4, 0.5) is 15.9 Å². The van der Waals surface area contributed by atoms with Gasteiger partial charge in [-0.25, -0.2) is 4.39 Å². The number of aromatic amines is 1. The van der Waals surface area contributed by atoms with Crippen LogP contribution in [0, 0.1) is 23.1 Å². The molecule has 0 spiro atoms. The predicted octanol–water partition coefficient (Wildman–Crippen LogP) is 3.86. The Hall–Kier alpha value is -3.14. The SMILES string of the molecule is N#C[C@H]1CCCC[C@@H]1n1nc(Nc2ccc(F)cc2)c2c(=O)[nH]ccc21. The fourth-order valence-corrected chi connectivity index (χ4v) is 3.66. The van der Waals surface area contributed by atoms with Crippen molar-refractivity contribution in [2.75, 3.05) is 5.32 Å². The van der Waals surface area contributed by atoms with Crippen LogP contribution < -0.4 is 10.9 Å². The van der Waals surface area contributed by atoms with E-state index in [-0.39, 0.29) is 23.3 Å². The van der Waals surface area contributed by atoms with E-state index in [1.165, 1.54) is 12.1 Å². The third kappa shape index (κ3) is 2.84. The molecule has 2 N–H and O–H groups in total. The highest BCUT2D eigenvalue weighted by Gasteiger charge is 2.29. The Balaban J connectivity index is 1.82. The number of nitriles is 1. The van der Waals surface area contributed by atoms with Crippen molar-refractivity contribution in [2.45, 2.75) is 31.7 Å². The van der Waals surface area contributed by atoms with Crippen LogP contribution in [0.1, 0.15) is 31.7 Å². The third-order valence-electron chi connectivity index (χ3n) is 4.95. The molecule has 2 heterocycles. The van der Waals surface area contributed by atoms with E-state index in [2.05, 4.69) is 21.5 Å². The lowest BCUT2D eigenvalue weighted by molar-refractivity contribution is 0.277. The number of nitrogens with zero attached hydrogens (tertiary/aromatic N) is 3. The van der Waals surface area contributed by atoms with Gasteiger partial charge in [0.1, 0.15) is 11.2 Å². The van der Waals surface area contributed by atoms with E-state index < -0.39 is 0 Å². The number of H-pyrrole nitrogens is 1. The van der Waals surface area contributed by atoms with Crippen molar-refractivity contribution in [1.29, 1.82) is 5.26 Å². The molecular formula is C19H18FN5O. The molecule has 1 aliphatic carbocycles. The fourth-order valence-electron chi connectivity index (χ4n) is 3.66. The maximum Gasteiger partial charge on any atom is 0.261 e. The molecular weight excluding hydrogens is 333 g/mol. The number of aromatic nitrogens is 3. The van der Waals surface area contributed by atoms with Gasteiger partial charge in [-0.15, -0.1) is 0 Å². The van der Waals surface area contributed by atoms with Crippen molar-refractivity contribution in [3.05, 3.63) is 52.7 Å². The molecule has 1 aromatic carbocycles. The zero-order valence-electron chi connectivity index (χ0n) is 14.1. The second-order valence-corrected chi connectivity index (χ2v) is 6.58. The molecule has 1 saturated carbocycles. The van der Waals surface area contributed by atoms with Crippen LogP contribution in [0.15, 0.2) is 41.3 Å². The number of hydrogen-bond donors (Lipinski definition) is 2. The van der Waals surface area contributed by atoms with Crippen LogP contribution in [0.5, 0.6) is 0 Å². The Morgan fingerprint density at radius 3 is 2.77 bits per heavy atom. The number of benzene rings is 1. The fraction of sp³-hybridized carbons (Fsp3) is 0.316. The number of nitrogens with one attached hydrogen (secondary N) is 2. The zero-order valence-corrected chi connectivity index (χ0v) is 14.1. The number of anilines is 2. The maximum absolute atomic E-state index is 13.1.